The number of aryl methyl sites for hydroxylation is 1. The van der Waals surface area contributed by atoms with Gasteiger partial charge in [-0.2, -0.15) is 0 Å². The summed E-state index contributed by atoms with van der Waals surface area (Å²) in [6.45, 7) is 8.53. The molecule has 0 aliphatic carbocycles. The molecule has 0 unspecified atom stereocenters. The van der Waals surface area contributed by atoms with Gasteiger partial charge in [-0.05, 0) is 77.7 Å². The van der Waals surface area contributed by atoms with Crippen LogP contribution in [0.25, 0.3) is 0 Å². The number of para-hydroxylation sites is 1. The molecule has 0 aromatic heterocycles. The number of ether oxygens (including phenoxy) is 1. The number of hydrogen-bond donors (Lipinski definition) is 0. The lowest BCUT2D eigenvalue weighted by atomic mass is 9.76. The maximum atomic E-state index is 6.44. The Kier molecular flexibility index (Phi) is 9.58. The number of fused-ring (bicyclic) bond motifs is 1. The van der Waals surface area contributed by atoms with Gasteiger partial charge < -0.3 is 14.0 Å². The van der Waals surface area contributed by atoms with E-state index >= 15 is 0 Å². The van der Waals surface area contributed by atoms with Crippen LogP contribution in [0.5, 0.6) is 5.75 Å². The van der Waals surface area contributed by atoms with Crippen LogP contribution in [0.3, 0.4) is 0 Å². The number of unbranched alkanes of at least 4 members (excludes halogenated alkanes) is 7. The molecule has 36 heavy (non-hydrogen) atoms. The van der Waals surface area contributed by atoms with Crippen molar-refractivity contribution in [1.82, 2.24) is 0 Å². The fourth-order valence-electron chi connectivity index (χ4n) is 5.72. The minimum Gasteiger partial charge on any atom is -0.489 e. The Labute approximate surface area is 220 Å². The summed E-state index contributed by atoms with van der Waals surface area (Å²) < 4.78 is 19.0. The average Bonchev–Trinajstić information content (AvgIpc) is 3.31. The van der Waals surface area contributed by atoms with Crippen molar-refractivity contribution in [2.24, 2.45) is 0 Å². The Morgan fingerprint density at radius 3 is 1.94 bits per heavy atom. The number of rotatable bonds is 14. The van der Waals surface area contributed by atoms with Crippen molar-refractivity contribution < 1.29 is 14.0 Å². The van der Waals surface area contributed by atoms with E-state index in [0.717, 1.165) is 24.9 Å². The van der Waals surface area contributed by atoms with Crippen molar-refractivity contribution in [2.45, 2.75) is 128 Å². The van der Waals surface area contributed by atoms with Crippen LogP contribution in [0, 0.1) is 0 Å². The monoisotopic (exact) mass is 490 g/mol. The summed E-state index contributed by atoms with van der Waals surface area (Å²) in [6.07, 6.45) is 15.3. The molecule has 2 aliphatic rings. The Hall–Kier alpha value is -1.78. The van der Waals surface area contributed by atoms with E-state index in [1.54, 1.807) is 0 Å². The van der Waals surface area contributed by atoms with Gasteiger partial charge in [0.15, 0.2) is 0 Å². The first-order chi connectivity index (χ1) is 17.4. The topological polar surface area (TPSA) is 27.7 Å². The largest absolute Gasteiger partial charge is 0.489 e. The molecule has 4 heteroatoms. The van der Waals surface area contributed by atoms with Crippen LogP contribution in [-0.4, -0.2) is 24.4 Å². The fourth-order valence-corrected chi connectivity index (χ4v) is 5.72. The molecule has 4 rings (SSSR count). The summed E-state index contributed by atoms with van der Waals surface area (Å²) >= 11 is 0. The van der Waals surface area contributed by atoms with Crippen molar-refractivity contribution in [3.8, 4) is 5.75 Å². The molecule has 1 fully saturated rings. The quantitative estimate of drug-likeness (QED) is 0.196. The van der Waals surface area contributed by atoms with E-state index in [4.69, 9.17) is 14.0 Å². The molecule has 196 valence electrons. The zero-order chi connectivity index (χ0) is 25.4. The van der Waals surface area contributed by atoms with Crippen LogP contribution in [0.4, 0.5) is 0 Å². The van der Waals surface area contributed by atoms with Crippen LogP contribution in [0.15, 0.2) is 54.6 Å². The first-order valence-electron chi connectivity index (χ1n) is 14.5. The van der Waals surface area contributed by atoms with Gasteiger partial charge in [0, 0.05) is 11.5 Å². The van der Waals surface area contributed by atoms with E-state index in [2.05, 4.69) is 82.3 Å². The molecule has 2 aromatic rings. The van der Waals surface area contributed by atoms with E-state index in [1.807, 2.05) is 0 Å². The van der Waals surface area contributed by atoms with Crippen LogP contribution in [0.2, 0.25) is 6.32 Å². The van der Waals surface area contributed by atoms with Gasteiger partial charge in [-0.3, -0.25) is 0 Å². The second kappa shape index (κ2) is 12.7. The lowest BCUT2D eigenvalue weighted by molar-refractivity contribution is 0.00578. The number of benzene rings is 2. The molecule has 0 N–H and O–H groups in total. The number of hydrogen-bond acceptors (Lipinski definition) is 3. The maximum absolute atomic E-state index is 6.44. The fraction of sp³-hybridized carbons (Fsp3) is 0.625. The van der Waals surface area contributed by atoms with Crippen molar-refractivity contribution in [3.63, 3.8) is 0 Å². The molecular formula is C32H47BO3. The Morgan fingerprint density at radius 2 is 1.25 bits per heavy atom. The molecule has 2 atom stereocenters. The summed E-state index contributed by atoms with van der Waals surface area (Å²) in [5.74, 6) is 1.52. The van der Waals surface area contributed by atoms with Crippen LogP contribution in [0.1, 0.15) is 109 Å². The molecule has 3 nitrogen and oxygen atoms in total. The maximum Gasteiger partial charge on any atom is 0.457 e. The Morgan fingerprint density at radius 1 is 0.667 bits per heavy atom. The predicted molar refractivity (Wildman–Crippen MR) is 151 cm³/mol. The van der Waals surface area contributed by atoms with Gasteiger partial charge in [0.1, 0.15) is 11.9 Å². The SMILES string of the molecule is CC1(C)OB(CC[C@@H]2c3ccccc3O[C@H]2CCCCCCCCCCc2ccccc2)OC1(C)C. The molecule has 2 aromatic carbocycles. The summed E-state index contributed by atoms with van der Waals surface area (Å²) in [7, 11) is -0.129. The molecule has 0 bridgehead atoms. The van der Waals surface area contributed by atoms with Crippen LogP contribution < -0.4 is 4.74 Å². The van der Waals surface area contributed by atoms with E-state index in [0.29, 0.717) is 5.92 Å². The third kappa shape index (κ3) is 7.16. The first kappa shape index (κ1) is 27.3. The van der Waals surface area contributed by atoms with Crippen molar-refractivity contribution in [1.29, 1.82) is 0 Å². The lowest BCUT2D eigenvalue weighted by Crippen LogP contribution is -2.41. The van der Waals surface area contributed by atoms with E-state index in [9.17, 15) is 0 Å². The van der Waals surface area contributed by atoms with Crippen molar-refractivity contribution >= 4 is 7.12 Å². The standard InChI is InChI=1S/C32H47BO3/c1-31(2)32(3,4)36-33(35-31)25-24-28-27-21-16-17-23-29(27)34-30(28)22-15-10-8-6-5-7-9-12-18-26-19-13-11-14-20-26/h11,13-14,16-17,19-21,23,28,30H,5-10,12,15,18,22,24-25H2,1-4H3/t28-,30+/m1/s1. The zero-order valence-corrected chi connectivity index (χ0v) is 23.1. The zero-order valence-electron chi connectivity index (χ0n) is 23.1. The Balaban J connectivity index is 1.13. The average molecular weight is 491 g/mol. The summed E-state index contributed by atoms with van der Waals surface area (Å²) in [4.78, 5) is 0. The highest BCUT2D eigenvalue weighted by molar-refractivity contribution is 6.45. The highest BCUT2D eigenvalue weighted by Gasteiger charge is 2.51. The third-order valence-electron chi connectivity index (χ3n) is 8.61. The minimum absolute atomic E-state index is 0.129. The van der Waals surface area contributed by atoms with Gasteiger partial charge in [-0.25, -0.2) is 0 Å². The van der Waals surface area contributed by atoms with Crippen LogP contribution in [-0.2, 0) is 15.7 Å². The summed E-state index contributed by atoms with van der Waals surface area (Å²) in [5, 5.41) is 0. The smallest absolute Gasteiger partial charge is 0.457 e. The van der Waals surface area contributed by atoms with Crippen molar-refractivity contribution in [2.75, 3.05) is 0 Å². The first-order valence-corrected chi connectivity index (χ1v) is 14.5. The van der Waals surface area contributed by atoms with E-state index in [-0.39, 0.29) is 24.4 Å². The normalized spacial score (nSPS) is 21.9. The van der Waals surface area contributed by atoms with Crippen LogP contribution >= 0.6 is 0 Å². The van der Waals surface area contributed by atoms with E-state index < -0.39 is 0 Å². The Bertz CT molecular complexity index is 910. The lowest BCUT2D eigenvalue weighted by Gasteiger charge is -2.32. The highest BCUT2D eigenvalue weighted by Crippen LogP contribution is 2.44. The molecule has 0 amide bonds. The van der Waals surface area contributed by atoms with Gasteiger partial charge in [0.2, 0.25) is 0 Å². The molecule has 1 saturated heterocycles. The second-order valence-electron chi connectivity index (χ2n) is 11.9. The van der Waals surface area contributed by atoms with Gasteiger partial charge >= 0.3 is 7.12 Å². The molecular weight excluding hydrogens is 443 g/mol. The third-order valence-corrected chi connectivity index (χ3v) is 8.61. The van der Waals surface area contributed by atoms with Gasteiger partial charge in [0.25, 0.3) is 0 Å². The van der Waals surface area contributed by atoms with Gasteiger partial charge in [0.05, 0.1) is 11.2 Å². The molecule has 2 heterocycles. The minimum atomic E-state index is -0.261. The molecule has 0 saturated carbocycles. The van der Waals surface area contributed by atoms with Gasteiger partial charge in [-0.15, -0.1) is 0 Å². The van der Waals surface area contributed by atoms with Crippen molar-refractivity contribution in [3.05, 3.63) is 65.7 Å². The highest BCUT2D eigenvalue weighted by atomic mass is 16.7. The molecule has 2 aliphatic heterocycles. The molecule has 0 spiro atoms. The summed E-state index contributed by atoms with van der Waals surface area (Å²) in [6, 6.07) is 19.5. The predicted octanol–water partition coefficient (Wildman–Crippen LogP) is 8.77. The molecule has 0 radical (unpaired) electrons. The summed E-state index contributed by atoms with van der Waals surface area (Å²) in [5.41, 5.74) is 2.32. The van der Waals surface area contributed by atoms with Gasteiger partial charge in [-0.1, -0.05) is 87.1 Å². The second-order valence-corrected chi connectivity index (χ2v) is 11.9. The van der Waals surface area contributed by atoms with E-state index in [1.165, 1.54) is 68.9 Å².